The maximum atomic E-state index is 7.62. The van der Waals surface area contributed by atoms with Crippen LogP contribution in [-0.2, 0) is 0 Å². The fourth-order valence-electron chi connectivity index (χ4n) is 5.06. The molecule has 0 fully saturated rings. The van der Waals surface area contributed by atoms with Gasteiger partial charge in [-0.1, -0.05) is 48.5 Å². The molecule has 3 nitrogen and oxygen atoms in total. The van der Waals surface area contributed by atoms with E-state index in [1.807, 2.05) is 24.3 Å². The van der Waals surface area contributed by atoms with Crippen LogP contribution in [0.1, 0.15) is 15.2 Å². The van der Waals surface area contributed by atoms with Gasteiger partial charge in [0.2, 0.25) is 0 Å². The van der Waals surface area contributed by atoms with Crippen molar-refractivity contribution < 1.29 is 8.53 Å². The standard InChI is InChI=1S/C31H22N2O/c1-18-10-12-27(32-17-18)20-11-13-28-24(14-20)21-7-5-8-22(19(21)2)25-15-26-23-6-3-4-9-30(23)34-31(26)16-29(25)33-28/h3-17,33H,1-2H3/i1D3. The van der Waals surface area contributed by atoms with E-state index in [4.69, 9.17) is 8.53 Å². The minimum Gasteiger partial charge on any atom is -0.456 e. The molecule has 7 rings (SSSR count). The van der Waals surface area contributed by atoms with E-state index in [1.165, 1.54) is 17.3 Å². The molecule has 162 valence electrons. The third-order valence-electron chi connectivity index (χ3n) is 6.78. The molecule has 1 aliphatic rings. The van der Waals surface area contributed by atoms with Gasteiger partial charge in [-0.15, -0.1) is 0 Å². The lowest BCUT2D eigenvalue weighted by Gasteiger charge is -2.23. The van der Waals surface area contributed by atoms with Crippen LogP contribution in [0.25, 0.3) is 55.4 Å². The molecule has 2 aromatic heterocycles. The molecule has 2 bridgehead atoms. The first-order chi connectivity index (χ1) is 17.9. The van der Waals surface area contributed by atoms with Gasteiger partial charge in [-0.25, -0.2) is 0 Å². The molecule has 3 heterocycles. The van der Waals surface area contributed by atoms with E-state index in [9.17, 15) is 0 Å². The topological polar surface area (TPSA) is 38.1 Å². The summed E-state index contributed by atoms with van der Waals surface area (Å²) in [6, 6.07) is 28.5. The molecule has 0 saturated heterocycles. The van der Waals surface area contributed by atoms with Crippen molar-refractivity contribution in [2.45, 2.75) is 13.8 Å². The van der Waals surface area contributed by atoms with E-state index in [1.54, 1.807) is 12.1 Å². The Bertz CT molecular complexity index is 1850. The predicted octanol–water partition coefficient (Wildman–Crippen LogP) is 8.66. The van der Waals surface area contributed by atoms with Crippen LogP contribution < -0.4 is 5.32 Å². The zero-order chi connectivity index (χ0) is 25.3. The lowest BCUT2D eigenvalue weighted by atomic mass is 9.88. The normalized spacial score (nSPS) is 13.7. The number of para-hydroxylation sites is 1. The number of anilines is 2. The summed E-state index contributed by atoms with van der Waals surface area (Å²) in [7, 11) is 0. The Morgan fingerprint density at radius 1 is 0.735 bits per heavy atom. The summed E-state index contributed by atoms with van der Waals surface area (Å²) in [5, 5.41) is 5.88. The van der Waals surface area contributed by atoms with E-state index in [0.29, 0.717) is 0 Å². The van der Waals surface area contributed by atoms with Crippen LogP contribution in [0, 0.1) is 13.8 Å². The fraction of sp³-hybridized carbons (Fsp3) is 0.0645. The lowest BCUT2D eigenvalue weighted by Crippen LogP contribution is -2.02. The first-order valence-electron chi connectivity index (χ1n) is 12.8. The predicted molar refractivity (Wildman–Crippen MR) is 141 cm³/mol. The van der Waals surface area contributed by atoms with E-state index in [2.05, 4.69) is 65.8 Å². The van der Waals surface area contributed by atoms with Gasteiger partial charge in [0.05, 0.1) is 11.4 Å². The fourth-order valence-corrected chi connectivity index (χ4v) is 5.06. The molecule has 1 N–H and O–H groups in total. The first-order valence-corrected chi connectivity index (χ1v) is 11.3. The maximum Gasteiger partial charge on any atom is 0.137 e. The maximum absolute atomic E-state index is 7.62. The third kappa shape index (κ3) is 2.80. The summed E-state index contributed by atoms with van der Waals surface area (Å²) in [5.41, 5.74) is 11.3. The number of nitrogens with zero attached hydrogens (tertiary/aromatic N) is 1. The van der Waals surface area contributed by atoms with Gasteiger partial charge in [0.15, 0.2) is 0 Å². The van der Waals surface area contributed by atoms with Gasteiger partial charge >= 0.3 is 0 Å². The highest BCUT2D eigenvalue weighted by atomic mass is 16.3. The smallest absolute Gasteiger partial charge is 0.137 e. The molecule has 0 radical (unpaired) electrons. The molecular formula is C31H22N2O. The molecule has 0 atom stereocenters. The van der Waals surface area contributed by atoms with Crippen molar-refractivity contribution in [1.82, 2.24) is 4.98 Å². The van der Waals surface area contributed by atoms with Crippen molar-refractivity contribution in [2.24, 2.45) is 0 Å². The summed E-state index contributed by atoms with van der Waals surface area (Å²) in [5.74, 6) is 0. The Morgan fingerprint density at radius 3 is 2.41 bits per heavy atom. The number of furan rings is 1. The number of aromatic nitrogens is 1. The van der Waals surface area contributed by atoms with Gasteiger partial charge in [-0.05, 0) is 66.4 Å². The molecule has 3 heteroatoms. The van der Waals surface area contributed by atoms with Crippen molar-refractivity contribution in [3.63, 3.8) is 0 Å². The number of rotatable bonds is 1. The van der Waals surface area contributed by atoms with E-state index in [-0.39, 0.29) is 5.56 Å². The lowest BCUT2D eigenvalue weighted by molar-refractivity contribution is 0.669. The number of fused-ring (bicyclic) bond motifs is 9. The van der Waals surface area contributed by atoms with Crippen LogP contribution in [0.4, 0.5) is 11.4 Å². The second kappa shape index (κ2) is 7.06. The molecule has 1 aliphatic heterocycles. The molecule has 0 aliphatic carbocycles. The Morgan fingerprint density at radius 2 is 1.59 bits per heavy atom. The summed E-state index contributed by atoms with van der Waals surface area (Å²) in [6.45, 7) is -0.00502. The van der Waals surface area contributed by atoms with Gasteiger partial charge in [0.25, 0.3) is 0 Å². The van der Waals surface area contributed by atoms with E-state index in [0.717, 1.165) is 61.3 Å². The number of aryl methyl sites for hydroxylation is 1. The van der Waals surface area contributed by atoms with E-state index < -0.39 is 6.85 Å². The summed E-state index contributed by atoms with van der Waals surface area (Å²) in [6.07, 6.45) is 1.44. The van der Waals surface area contributed by atoms with Crippen LogP contribution in [0.2, 0.25) is 0 Å². The highest BCUT2D eigenvalue weighted by Crippen LogP contribution is 2.46. The second-order valence-electron chi connectivity index (χ2n) is 8.79. The molecule has 34 heavy (non-hydrogen) atoms. The van der Waals surface area contributed by atoms with Crippen LogP contribution in [-0.4, -0.2) is 4.98 Å². The van der Waals surface area contributed by atoms with Gasteiger partial charge < -0.3 is 9.73 Å². The van der Waals surface area contributed by atoms with Crippen LogP contribution >= 0.6 is 0 Å². The molecule has 0 spiro atoms. The number of nitrogens with one attached hydrogen (secondary N) is 1. The van der Waals surface area contributed by atoms with Gasteiger partial charge in [0, 0.05) is 49.5 Å². The van der Waals surface area contributed by atoms with Gasteiger partial charge in [0.1, 0.15) is 11.2 Å². The number of benzene rings is 4. The first kappa shape index (κ1) is 16.3. The van der Waals surface area contributed by atoms with Crippen molar-refractivity contribution >= 4 is 33.3 Å². The van der Waals surface area contributed by atoms with E-state index >= 15 is 0 Å². The molecule has 6 aromatic rings. The Balaban J connectivity index is 1.41. The number of hydrogen-bond acceptors (Lipinski definition) is 3. The average Bonchev–Trinajstić information content (AvgIpc) is 3.26. The number of pyridine rings is 1. The quantitative estimate of drug-likeness (QED) is 0.277. The molecule has 0 amide bonds. The van der Waals surface area contributed by atoms with Crippen molar-refractivity contribution in [3.8, 4) is 33.5 Å². The highest BCUT2D eigenvalue weighted by molar-refractivity contribution is 6.09. The molecule has 4 aromatic carbocycles. The minimum atomic E-state index is -2.17. The van der Waals surface area contributed by atoms with Crippen LogP contribution in [0.15, 0.2) is 95.5 Å². The van der Waals surface area contributed by atoms with Crippen molar-refractivity contribution in [3.05, 3.63) is 102 Å². The summed E-state index contributed by atoms with van der Waals surface area (Å²) >= 11 is 0. The Labute approximate surface area is 201 Å². The van der Waals surface area contributed by atoms with Crippen molar-refractivity contribution in [1.29, 1.82) is 0 Å². The average molecular weight is 442 g/mol. The molecular weight excluding hydrogens is 416 g/mol. The van der Waals surface area contributed by atoms with Crippen LogP contribution in [0.5, 0.6) is 0 Å². The zero-order valence-electron chi connectivity index (χ0n) is 21.5. The number of hydrogen-bond donors (Lipinski definition) is 1. The second-order valence-corrected chi connectivity index (χ2v) is 8.79. The summed E-state index contributed by atoms with van der Waals surface area (Å²) < 4.78 is 29.0. The SMILES string of the molecule is [2H]C([2H])([2H])c1ccc(-c2ccc3c(c2)-c2cccc(c2C)-c2cc4c(cc2N3)oc2ccccc24)nc1. The van der Waals surface area contributed by atoms with Crippen molar-refractivity contribution in [2.75, 3.05) is 5.32 Å². The largest absolute Gasteiger partial charge is 0.456 e. The molecule has 0 saturated carbocycles. The van der Waals surface area contributed by atoms with Crippen LogP contribution in [0.3, 0.4) is 0 Å². The Hall–Kier alpha value is -4.37. The zero-order valence-corrected chi connectivity index (χ0v) is 18.5. The minimum absolute atomic E-state index is 0.237. The summed E-state index contributed by atoms with van der Waals surface area (Å²) in [4.78, 5) is 4.46. The molecule has 0 unspecified atom stereocenters. The highest BCUT2D eigenvalue weighted by Gasteiger charge is 2.21. The van der Waals surface area contributed by atoms with Gasteiger partial charge in [-0.3, -0.25) is 4.98 Å². The Kier molecular flexibility index (Phi) is 3.38. The third-order valence-corrected chi connectivity index (χ3v) is 6.78. The monoisotopic (exact) mass is 441 g/mol. The van der Waals surface area contributed by atoms with Gasteiger partial charge in [-0.2, -0.15) is 0 Å².